The van der Waals surface area contributed by atoms with Crippen molar-refractivity contribution < 1.29 is 35.9 Å². The van der Waals surface area contributed by atoms with E-state index in [1.807, 2.05) is 0 Å². The van der Waals surface area contributed by atoms with Crippen molar-refractivity contribution in [1.29, 1.82) is 0 Å². The lowest BCUT2D eigenvalue weighted by molar-refractivity contribution is -0.145. The average Bonchev–Trinajstić information content (AvgIpc) is 3.04. The maximum atomic E-state index is 13.1. The third-order valence-corrected chi connectivity index (χ3v) is 4.02. The number of carbonyl (C=O) groups excluding carboxylic acids is 1. The number of ether oxygens (including phenoxy) is 1. The minimum atomic E-state index is -4.97. The first-order valence-corrected chi connectivity index (χ1v) is 7.98. The molecule has 0 saturated carbocycles. The molecule has 1 aliphatic rings. The van der Waals surface area contributed by atoms with Crippen molar-refractivity contribution in [2.24, 2.45) is 0 Å². The number of hydrogen-bond acceptors (Lipinski definition) is 3. The largest absolute Gasteiger partial charge is 0.487 e. The van der Waals surface area contributed by atoms with E-state index in [4.69, 9.17) is 4.74 Å². The Kier molecular flexibility index (Phi) is 5.09. The van der Waals surface area contributed by atoms with E-state index in [1.54, 1.807) is 0 Å². The highest BCUT2D eigenvalue weighted by molar-refractivity contribution is 5.93. The number of hydrogen-bond donors (Lipinski definition) is 1. The van der Waals surface area contributed by atoms with Gasteiger partial charge in [-0.2, -0.15) is 26.3 Å². The normalized spacial score (nSPS) is 14.9. The molecule has 0 spiro atoms. The average molecular weight is 405 g/mol. The summed E-state index contributed by atoms with van der Waals surface area (Å²) in [6, 6.07) is 4.20. The fraction of sp³-hybridized carbons (Fsp3) is 0.294. The number of rotatable bonds is 4. The number of aromatic nitrogens is 1. The molecule has 2 aromatic rings. The van der Waals surface area contributed by atoms with E-state index in [0.29, 0.717) is 31.3 Å². The number of benzene rings is 1. The standard InChI is InChI=1S/C17H13F6N3O2/c18-16(19,20)12-2-1-3-13(17(21,22)23)11(12)9-28-10-4-5-14(25-8-10)26-7-6-24-15(26)27/h1-5,8H,6-7,9H2,(H,24,27). The number of amides is 2. The molecule has 150 valence electrons. The first kappa shape index (κ1) is 19.8. The summed E-state index contributed by atoms with van der Waals surface area (Å²) < 4.78 is 83.9. The first-order chi connectivity index (χ1) is 13.1. The molecule has 2 amide bonds. The lowest BCUT2D eigenvalue weighted by Crippen LogP contribution is -2.28. The zero-order valence-electron chi connectivity index (χ0n) is 14.1. The smallest absolute Gasteiger partial charge is 0.416 e. The van der Waals surface area contributed by atoms with Crippen molar-refractivity contribution in [3.05, 3.63) is 53.2 Å². The van der Waals surface area contributed by atoms with E-state index in [9.17, 15) is 31.1 Å². The van der Waals surface area contributed by atoms with Crippen LogP contribution in [0.3, 0.4) is 0 Å². The van der Waals surface area contributed by atoms with E-state index >= 15 is 0 Å². The van der Waals surface area contributed by atoms with Crippen molar-refractivity contribution in [2.45, 2.75) is 19.0 Å². The topological polar surface area (TPSA) is 54.5 Å². The molecule has 3 rings (SSSR count). The van der Waals surface area contributed by atoms with Crippen molar-refractivity contribution in [2.75, 3.05) is 18.0 Å². The predicted octanol–water partition coefficient (Wildman–Crippen LogP) is 4.23. The molecule has 0 aliphatic carbocycles. The lowest BCUT2D eigenvalue weighted by atomic mass is 10.0. The second-order valence-electron chi connectivity index (χ2n) is 5.85. The number of nitrogens with one attached hydrogen (secondary N) is 1. The molecule has 28 heavy (non-hydrogen) atoms. The lowest BCUT2D eigenvalue weighted by Gasteiger charge is -2.19. The Morgan fingerprint density at radius 1 is 1.04 bits per heavy atom. The van der Waals surface area contributed by atoms with Crippen molar-refractivity contribution in [1.82, 2.24) is 10.3 Å². The van der Waals surface area contributed by atoms with Gasteiger partial charge in [-0.1, -0.05) is 6.07 Å². The summed E-state index contributed by atoms with van der Waals surface area (Å²) in [5.41, 5.74) is -3.84. The van der Waals surface area contributed by atoms with E-state index in [0.717, 1.165) is 6.20 Å². The Bertz CT molecular complexity index is 832. The summed E-state index contributed by atoms with van der Waals surface area (Å²) in [4.78, 5) is 16.9. The highest BCUT2D eigenvalue weighted by Crippen LogP contribution is 2.39. The van der Waals surface area contributed by atoms with Gasteiger partial charge in [-0.3, -0.25) is 4.90 Å². The molecule has 1 N–H and O–H groups in total. The fourth-order valence-electron chi connectivity index (χ4n) is 2.74. The Labute approximate surface area is 154 Å². The van der Waals surface area contributed by atoms with Gasteiger partial charge >= 0.3 is 18.4 Å². The summed E-state index contributed by atoms with van der Waals surface area (Å²) >= 11 is 0. The third kappa shape index (κ3) is 4.12. The molecule has 2 heterocycles. The van der Waals surface area contributed by atoms with Crippen molar-refractivity contribution in [3.63, 3.8) is 0 Å². The van der Waals surface area contributed by atoms with Crippen LogP contribution in [0.5, 0.6) is 5.75 Å². The highest BCUT2D eigenvalue weighted by atomic mass is 19.4. The molecule has 0 bridgehead atoms. The van der Waals surface area contributed by atoms with Gasteiger partial charge in [0.2, 0.25) is 0 Å². The summed E-state index contributed by atoms with van der Waals surface area (Å²) in [5, 5.41) is 2.57. The van der Waals surface area contributed by atoms with E-state index in [2.05, 4.69) is 10.3 Å². The van der Waals surface area contributed by atoms with E-state index in [1.165, 1.54) is 17.0 Å². The van der Waals surface area contributed by atoms with Gasteiger partial charge in [-0.25, -0.2) is 9.78 Å². The second-order valence-corrected chi connectivity index (χ2v) is 5.85. The maximum absolute atomic E-state index is 13.1. The van der Waals surface area contributed by atoms with Gasteiger partial charge in [0.25, 0.3) is 0 Å². The summed E-state index contributed by atoms with van der Waals surface area (Å²) in [6.45, 7) is -0.122. The van der Waals surface area contributed by atoms with Gasteiger partial charge in [0.05, 0.1) is 17.3 Å². The molecule has 1 fully saturated rings. The fourth-order valence-corrected chi connectivity index (χ4v) is 2.74. The van der Waals surface area contributed by atoms with Crippen LogP contribution in [0, 0.1) is 0 Å². The van der Waals surface area contributed by atoms with Crippen molar-refractivity contribution >= 4 is 11.8 Å². The zero-order chi connectivity index (χ0) is 20.5. The predicted molar refractivity (Wildman–Crippen MR) is 85.8 cm³/mol. The zero-order valence-corrected chi connectivity index (χ0v) is 14.1. The second kappa shape index (κ2) is 7.21. The van der Waals surface area contributed by atoms with Gasteiger partial charge in [0.1, 0.15) is 18.2 Å². The summed E-state index contributed by atoms with van der Waals surface area (Å²) in [6.07, 6.45) is -8.80. The molecule has 5 nitrogen and oxygen atoms in total. The van der Waals surface area contributed by atoms with Crippen LogP contribution in [0.2, 0.25) is 0 Å². The minimum absolute atomic E-state index is 0.0338. The van der Waals surface area contributed by atoms with Gasteiger partial charge in [-0.05, 0) is 24.3 Å². The molecule has 0 atom stereocenters. The summed E-state index contributed by atoms with van der Waals surface area (Å²) in [5.74, 6) is 0.252. The van der Waals surface area contributed by atoms with E-state index < -0.39 is 35.6 Å². The molecule has 1 aromatic heterocycles. The van der Waals surface area contributed by atoms with Crippen LogP contribution in [-0.2, 0) is 19.0 Å². The molecule has 1 aromatic carbocycles. The molecule has 0 unspecified atom stereocenters. The SMILES string of the molecule is O=C1NCCN1c1ccc(OCc2c(C(F)(F)F)cccc2C(F)(F)F)cn1. The monoisotopic (exact) mass is 405 g/mol. The van der Waals surface area contributed by atoms with Crippen LogP contribution in [0.15, 0.2) is 36.5 Å². The third-order valence-electron chi connectivity index (χ3n) is 4.02. The van der Waals surface area contributed by atoms with Gasteiger partial charge in [0.15, 0.2) is 0 Å². The Balaban J connectivity index is 1.83. The van der Waals surface area contributed by atoms with Crippen LogP contribution < -0.4 is 15.0 Å². The quantitative estimate of drug-likeness (QED) is 0.775. The summed E-state index contributed by atoms with van der Waals surface area (Å²) in [7, 11) is 0. The number of alkyl halides is 6. The Hall–Kier alpha value is -2.98. The number of halogens is 6. The Morgan fingerprint density at radius 2 is 1.68 bits per heavy atom. The molecular weight excluding hydrogens is 392 g/mol. The van der Waals surface area contributed by atoms with Gasteiger partial charge < -0.3 is 10.1 Å². The van der Waals surface area contributed by atoms with Crippen LogP contribution in [-0.4, -0.2) is 24.1 Å². The molecule has 1 saturated heterocycles. The number of urea groups is 1. The molecular formula is C17H13F6N3O2. The Morgan fingerprint density at radius 3 is 2.14 bits per heavy atom. The number of nitrogens with zero attached hydrogens (tertiary/aromatic N) is 2. The van der Waals surface area contributed by atoms with Crippen LogP contribution in [0.25, 0.3) is 0 Å². The number of carbonyl (C=O) groups is 1. The van der Waals surface area contributed by atoms with Crippen molar-refractivity contribution in [3.8, 4) is 5.75 Å². The van der Waals surface area contributed by atoms with E-state index in [-0.39, 0.29) is 17.6 Å². The van der Waals surface area contributed by atoms with Gasteiger partial charge in [0, 0.05) is 18.7 Å². The number of anilines is 1. The molecule has 1 aliphatic heterocycles. The first-order valence-electron chi connectivity index (χ1n) is 7.98. The molecule has 11 heteroatoms. The van der Waals surface area contributed by atoms with Crippen LogP contribution in [0.4, 0.5) is 37.0 Å². The minimum Gasteiger partial charge on any atom is -0.487 e. The van der Waals surface area contributed by atoms with Gasteiger partial charge in [-0.15, -0.1) is 0 Å². The maximum Gasteiger partial charge on any atom is 0.416 e. The van der Waals surface area contributed by atoms with Crippen LogP contribution >= 0.6 is 0 Å². The highest BCUT2D eigenvalue weighted by Gasteiger charge is 2.40. The molecule has 0 radical (unpaired) electrons. The van der Waals surface area contributed by atoms with Crippen LogP contribution in [0.1, 0.15) is 16.7 Å². The number of pyridine rings is 1.